The maximum atomic E-state index is 6.95. The molecule has 0 radical (unpaired) electrons. The summed E-state index contributed by atoms with van der Waals surface area (Å²) in [7, 11) is 24.6. The minimum absolute atomic E-state index is 0.593. The van der Waals surface area contributed by atoms with Gasteiger partial charge in [0.05, 0.1) is 0 Å². The Kier molecular flexibility index (Phi) is 9.28. The number of aromatic nitrogens is 3. The molecule has 0 fully saturated rings. The minimum Gasteiger partial charge on any atom is -0.457 e. The van der Waals surface area contributed by atoms with Crippen molar-refractivity contribution in [1.82, 2.24) is 15.0 Å². The Morgan fingerprint density at radius 3 is 1.52 bits per heavy atom. The summed E-state index contributed by atoms with van der Waals surface area (Å²) < 4.78 is 13.3. The van der Waals surface area contributed by atoms with Crippen molar-refractivity contribution in [3.63, 3.8) is 0 Å². The third kappa shape index (κ3) is 5.96. The average Bonchev–Trinajstić information content (AvgIpc) is 3.87. The first-order valence-corrected chi connectivity index (χ1v) is 21.2. The number of furan rings is 2. The predicted molar refractivity (Wildman–Crippen MR) is 292 cm³/mol. The molecule has 0 bridgehead atoms. The van der Waals surface area contributed by atoms with E-state index in [-0.39, 0.29) is 0 Å². The lowest BCUT2D eigenvalue weighted by molar-refractivity contribution is 0.669. The van der Waals surface area contributed by atoms with Crippen molar-refractivity contribution in [2.75, 3.05) is 0 Å². The molecule has 0 unspecified atom stereocenters. The lowest BCUT2D eigenvalue weighted by atomic mass is 9.60. The highest BCUT2D eigenvalue weighted by atomic mass is 16.3. The van der Waals surface area contributed by atoms with Gasteiger partial charge in [-0.2, -0.15) is 0 Å². The van der Waals surface area contributed by atoms with Crippen molar-refractivity contribution < 1.29 is 8.83 Å². The molecule has 3 aromatic heterocycles. The second-order valence-electron chi connectivity index (χ2n) is 17.1. The van der Waals surface area contributed by atoms with Crippen LogP contribution in [0.5, 0.6) is 0 Å². The molecule has 5 nitrogen and oxygen atoms in total. The third-order valence-corrected chi connectivity index (χ3v) is 14.0. The Balaban J connectivity index is 1.25. The van der Waals surface area contributed by atoms with E-state index >= 15 is 0 Å². The zero-order chi connectivity index (χ0) is 42.6. The highest BCUT2D eigenvalue weighted by Crippen LogP contribution is 2.34. The summed E-state index contributed by atoms with van der Waals surface area (Å²) >= 11 is 0. The fraction of sp³-hybridized carbons (Fsp3) is 0. The molecule has 0 aliphatic rings. The second-order valence-corrected chi connectivity index (χ2v) is 17.1. The van der Waals surface area contributed by atoms with Crippen molar-refractivity contribution in [2.45, 2.75) is 0 Å². The van der Waals surface area contributed by atoms with Crippen LogP contribution >= 0.6 is 0 Å². The summed E-state index contributed by atoms with van der Waals surface area (Å²) in [6.07, 6.45) is 0. The summed E-state index contributed by atoms with van der Waals surface area (Å²) in [4.78, 5) is 15.9. The van der Waals surface area contributed by atoms with E-state index in [0.29, 0.717) is 17.5 Å². The van der Waals surface area contributed by atoms with E-state index in [0.717, 1.165) is 71.8 Å². The quantitative estimate of drug-likeness (QED) is 0.163. The van der Waals surface area contributed by atoms with Crippen molar-refractivity contribution in [1.29, 1.82) is 0 Å². The monoisotopic (exact) mass is 773 g/mol. The van der Waals surface area contributed by atoms with Gasteiger partial charge < -0.3 is 8.83 Å². The van der Waals surface area contributed by atoms with Crippen LogP contribution in [0.1, 0.15) is 0 Å². The van der Waals surface area contributed by atoms with Crippen LogP contribution < -0.4 is 60.1 Å². The van der Waals surface area contributed by atoms with E-state index in [9.17, 15) is 0 Å². The van der Waals surface area contributed by atoms with Crippen LogP contribution in [-0.4, -0.2) is 101 Å². The number of rotatable bonds is 5. The highest BCUT2D eigenvalue weighted by molar-refractivity contribution is 6.70. The van der Waals surface area contributed by atoms with Gasteiger partial charge >= 0.3 is 0 Å². The van der Waals surface area contributed by atoms with Crippen molar-refractivity contribution >= 4 is 190 Å². The maximum absolute atomic E-state index is 6.95. The molecule has 0 saturated carbocycles. The van der Waals surface area contributed by atoms with Crippen LogP contribution in [0.25, 0.3) is 100 Å². The maximum Gasteiger partial charge on any atom is 0.164 e. The molecule has 0 aliphatic carbocycles. The van der Waals surface area contributed by atoms with E-state index in [2.05, 4.69) is 159 Å². The van der Waals surface area contributed by atoms with Gasteiger partial charge in [-0.15, -0.1) is 10.9 Å². The summed E-state index contributed by atoms with van der Waals surface area (Å²) in [5.41, 5.74) is 24.7. The number of hydrogen-bond donors (Lipinski definition) is 0. The number of benzene rings is 7. The molecule has 278 valence electrons. The lowest BCUT2D eigenvalue weighted by Gasteiger charge is -2.25. The fourth-order valence-electron chi connectivity index (χ4n) is 9.72. The van der Waals surface area contributed by atoms with E-state index in [1.54, 1.807) is 0 Å². The molecule has 61 heavy (non-hydrogen) atoms. The SMILES string of the molecule is Bc1c(B)c(-c2nc(-c3ccc(-c4ccccc4)cc3)nc(-c3ccc4c(c3)oc3ccccc34)n2)c(B)c(-c2c(B)c(B)c(B)c3oc4c(B)c(B)c(B)c(B)c4c23)c1B. The van der Waals surface area contributed by atoms with Gasteiger partial charge in [0.15, 0.2) is 17.5 Å². The molecule has 10 aromatic rings. The standard InChI is InChI=1S/C45H38B11N3O2/c46-30-27(25-26-28-33(49)36(52)38(54)40(56)42(28)61-41(26)39(55)37(53)31(25)47)32(48)35(51)34(50)29(30)45-58-43(19-12-10-18(11-13-19)17-6-2-1-3-7-17)57-44(59-45)20-14-15-22-21-8-4-5-9-23(21)60-24(22)16-20/h1-16H,46-56H2. The summed E-state index contributed by atoms with van der Waals surface area (Å²) in [5.74, 6) is 1.85. The molecule has 0 amide bonds. The predicted octanol–water partition coefficient (Wildman–Crippen LogP) is -7.15. The Morgan fingerprint density at radius 2 is 0.803 bits per heavy atom. The van der Waals surface area contributed by atoms with Crippen molar-refractivity contribution in [3.05, 3.63) is 97.1 Å². The Hall–Kier alpha value is -6.14. The molecule has 3 heterocycles. The molecule has 0 atom stereocenters. The summed E-state index contributed by atoms with van der Waals surface area (Å²) in [6, 6.07) is 33.4. The molecule has 16 heteroatoms. The van der Waals surface area contributed by atoms with Crippen LogP contribution in [0, 0.1) is 0 Å². The number of hydrogen-bond acceptors (Lipinski definition) is 5. The first-order chi connectivity index (χ1) is 29.3. The molecule has 0 saturated heterocycles. The zero-order valence-electron chi connectivity index (χ0n) is 36.9. The molecule has 10 rings (SSSR count). The second kappa shape index (κ2) is 14.5. The Bertz CT molecular complexity index is 3500. The first-order valence-electron chi connectivity index (χ1n) is 21.2. The van der Waals surface area contributed by atoms with Crippen LogP contribution in [-0.2, 0) is 0 Å². The van der Waals surface area contributed by atoms with E-state index in [4.69, 9.17) is 23.8 Å². The summed E-state index contributed by atoms with van der Waals surface area (Å²) in [5, 5.41) is 4.55. The third-order valence-electron chi connectivity index (χ3n) is 14.0. The number of fused-ring (bicyclic) bond motifs is 6. The normalized spacial score (nSPS) is 11.7. The fourth-order valence-corrected chi connectivity index (χ4v) is 9.72. The van der Waals surface area contributed by atoms with Gasteiger partial charge in [0.25, 0.3) is 0 Å². The molecular weight excluding hydrogens is 733 g/mol. The smallest absolute Gasteiger partial charge is 0.164 e. The first kappa shape index (κ1) is 39.0. The van der Waals surface area contributed by atoms with E-state index < -0.39 is 0 Å². The molecule has 0 aliphatic heterocycles. The van der Waals surface area contributed by atoms with Gasteiger partial charge in [0.1, 0.15) is 109 Å². The van der Waals surface area contributed by atoms with Crippen LogP contribution in [0.4, 0.5) is 0 Å². The van der Waals surface area contributed by atoms with E-state index in [1.807, 2.05) is 24.3 Å². The molecular formula is C45H38B11N3O2. The van der Waals surface area contributed by atoms with Crippen LogP contribution in [0.3, 0.4) is 0 Å². The molecule has 0 spiro atoms. The van der Waals surface area contributed by atoms with Crippen LogP contribution in [0.15, 0.2) is 106 Å². The molecule has 7 aromatic carbocycles. The molecule has 0 N–H and O–H groups in total. The number of para-hydroxylation sites is 1. The van der Waals surface area contributed by atoms with Gasteiger partial charge in [-0.25, -0.2) is 15.0 Å². The van der Waals surface area contributed by atoms with Crippen molar-refractivity contribution in [2.24, 2.45) is 0 Å². The lowest BCUT2D eigenvalue weighted by Crippen LogP contribution is -2.48. The van der Waals surface area contributed by atoms with Crippen molar-refractivity contribution in [3.8, 4) is 56.4 Å². The van der Waals surface area contributed by atoms with Gasteiger partial charge in [-0.3, -0.25) is 0 Å². The number of nitrogens with zero attached hydrogens (tertiary/aromatic N) is 3. The van der Waals surface area contributed by atoms with Gasteiger partial charge in [-0.1, -0.05) is 128 Å². The van der Waals surface area contributed by atoms with Gasteiger partial charge in [-0.05, 0) is 40.5 Å². The van der Waals surface area contributed by atoms with Gasteiger partial charge in [0.2, 0.25) is 0 Å². The average molecular weight is 772 g/mol. The Morgan fingerprint density at radius 1 is 0.311 bits per heavy atom. The largest absolute Gasteiger partial charge is 0.457 e. The topological polar surface area (TPSA) is 65.0 Å². The highest BCUT2D eigenvalue weighted by Gasteiger charge is 2.27. The van der Waals surface area contributed by atoms with Gasteiger partial charge in [0, 0.05) is 38.2 Å². The Labute approximate surface area is 365 Å². The zero-order valence-corrected chi connectivity index (χ0v) is 36.9. The van der Waals surface area contributed by atoms with Crippen LogP contribution in [0.2, 0.25) is 0 Å². The van der Waals surface area contributed by atoms with E-state index in [1.165, 1.54) is 71.1 Å². The minimum atomic E-state index is 0.593. The summed E-state index contributed by atoms with van der Waals surface area (Å²) in [6.45, 7) is 0.